The highest BCUT2D eigenvalue weighted by Gasteiger charge is 2.40. The number of rotatable bonds is 7. The van der Waals surface area contributed by atoms with Gasteiger partial charge in [0.05, 0.1) is 22.9 Å². The summed E-state index contributed by atoms with van der Waals surface area (Å²) in [5.74, 6) is -3.20. The van der Waals surface area contributed by atoms with Gasteiger partial charge in [0, 0.05) is 0 Å². The molecular weight excluding hydrogens is 504 g/mol. The fraction of sp³-hybridized carbons (Fsp3) is 0.348. The Hall–Kier alpha value is -3.22. The van der Waals surface area contributed by atoms with Crippen molar-refractivity contribution in [3.8, 4) is 5.75 Å². The van der Waals surface area contributed by atoms with Crippen molar-refractivity contribution in [3.63, 3.8) is 0 Å². The van der Waals surface area contributed by atoms with Gasteiger partial charge in [-0.1, -0.05) is 24.3 Å². The van der Waals surface area contributed by atoms with Gasteiger partial charge in [-0.2, -0.15) is 0 Å². The standard InChI is InChI=1S/C23H27BN3O9P/c1-27-11-3-6-17(27)21(28)26-19(13-7-9-15(10-8-13)37(33,34)35)22(29)25-18-12-14-4-2-5-16(23(30)31)20(14)36-24(18)32/h2,4-5,7-10,17-19,32H,3,6,11-12H2,1H3,(H,25,29)(H,26,28)(H,30,31)(H2,33,34,35)/t17-,18-,19?/m0/s1. The van der Waals surface area contributed by atoms with Crippen molar-refractivity contribution in [2.24, 2.45) is 0 Å². The van der Waals surface area contributed by atoms with Gasteiger partial charge >= 0.3 is 20.7 Å². The topological polar surface area (TPSA) is 186 Å². The van der Waals surface area contributed by atoms with Gasteiger partial charge in [-0.25, -0.2) is 4.79 Å². The fourth-order valence-corrected chi connectivity index (χ4v) is 5.16. The number of fused-ring (bicyclic) bond motifs is 1. The molecule has 0 spiro atoms. The molecule has 0 radical (unpaired) electrons. The SMILES string of the molecule is CN1CCC[C@H]1C(=O)NC(C(=O)N[C@H]1Cc2cccc(C(=O)O)c2OB1O)c1ccc(P(=O)(O)O)cc1. The number of carbonyl (C=O) groups excluding carboxylic acids is 2. The van der Waals surface area contributed by atoms with Crippen molar-refractivity contribution in [1.29, 1.82) is 0 Å². The first-order valence-corrected chi connectivity index (χ1v) is 13.2. The van der Waals surface area contributed by atoms with Crippen LogP contribution in [0.5, 0.6) is 5.75 Å². The van der Waals surface area contributed by atoms with Gasteiger partial charge in [-0.3, -0.25) is 19.1 Å². The number of carboxylic acids is 1. The van der Waals surface area contributed by atoms with E-state index in [1.807, 2.05) is 4.90 Å². The molecule has 2 heterocycles. The predicted molar refractivity (Wildman–Crippen MR) is 132 cm³/mol. The number of amides is 2. The summed E-state index contributed by atoms with van der Waals surface area (Å²) in [4.78, 5) is 58.6. The summed E-state index contributed by atoms with van der Waals surface area (Å²) in [5.41, 5.74) is 0.649. The number of likely N-dealkylation sites (N-methyl/N-ethyl adjacent to an activating group) is 1. The summed E-state index contributed by atoms with van der Waals surface area (Å²) in [6.45, 7) is 0.731. The van der Waals surface area contributed by atoms with Crippen LogP contribution in [0.1, 0.15) is 40.4 Å². The quantitative estimate of drug-likeness (QED) is 0.203. The number of benzene rings is 2. The van der Waals surface area contributed by atoms with Crippen molar-refractivity contribution in [3.05, 3.63) is 59.2 Å². The number of likely N-dealkylation sites (tertiary alicyclic amines) is 1. The van der Waals surface area contributed by atoms with E-state index < -0.39 is 44.6 Å². The van der Waals surface area contributed by atoms with Gasteiger partial charge in [0.15, 0.2) is 0 Å². The average molecular weight is 531 g/mol. The first kappa shape index (κ1) is 26.8. The molecule has 0 saturated carbocycles. The van der Waals surface area contributed by atoms with E-state index in [9.17, 15) is 38.9 Å². The van der Waals surface area contributed by atoms with Crippen molar-refractivity contribution < 1.29 is 43.5 Å². The molecule has 2 aromatic rings. The maximum atomic E-state index is 13.4. The third kappa shape index (κ3) is 5.86. The van der Waals surface area contributed by atoms with Crippen molar-refractivity contribution >= 4 is 37.8 Å². The summed E-state index contributed by atoms with van der Waals surface area (Å²) < 4.78 is 17.0. The molecule has 2 aliphatic rings. The van der Waals surface area contributed by atoms with Crippen LogP contribution in [0.2, 0.25) is 0 Å². The number of aromatic carboxylic acids is 1. The van der Waals surface area contributed by atoms with Crippen LogP contribution >= 0.6 is 7.60 Å². The Bertz CT molecular complexity index is 1250. The third-order valence-corrected chi connectivity index (χ3v) is 7.58. The fourth-order valence-electron chi connectivity index (χ4n) is 4.62. The van der Waals surface area contributed by atoms with Crippen LogP contribution in [0.3, 0.4) is 0 Å². The van der Waals surface area contributed by atoms with Crippen molar-refractivity contribution in [1.82, 2.24) is 15.5 Å². The van der Waals surface area contributed by atoms with E-state index in [4.69, 9.17) is 4.65 Å². The Morgan fingerprint density at radius 2 is 1.86 bits per heavy atom. The highest BCUT2D eigenvalue weighted by Crippen LogP contribution is 2.33. The molecule has 6 N–H and O–H groups in total. The number of hydrogen-bond donors (Lipinski definition) is 6. The summed E-state index contributed by atoms with van der Waals surface area (Å²) in [5, 5.41) is 25.1. The monoisotopic (exact) mass is 531 g/mol. The summed E-state index contributed by atoms with van der Waals surface area (Å²) >= 11 is 0. The molecule has 1 saturated heterocycles. The van der Waals surface area contributed by atoms with Gasteiger partial charge in [-0.05, 0) is 62.2 Å². The highest BCUT2D eigenvalue weighted by molar-refractivity contribution is 7.60. The zero-order valence-corrected chi connectivity index (χ0v) is 20.8. The van der Waals surface area contributed by atoms with Crippen molar-refractivity contribution in [2.45, 2.75) is 37.3 Å². The van der Waals surface area contributed by atoms with Crippen LogP contribution in [0.4, 0.5) is 0 Å². The van der Waals surface area contributed by atoms with E-state index >= 15 is 0 Å². The molecular formula is C23H27BN3O9P. The molecule has 14 heteroatoms. The van der Waals surface area contributed by atoms with Gasteiger partial charge < -0.3 is 35.2 Å². The number of nitrogens with one attached hydrogen (secondary N) is 2. The zero-order valence-electron chi connectivity index (χ0n) is 19.9. The van der Waals surface area contributed by atoms with Gasteiger partial charge in [0.1, 0.15) is 11.8 Å². The van der Waals surface area contributed by atoms with Gasteiger partial charge in [0.25, 0.3) is 0 Å². The first-order chi connectivity index (χ1) is 17.5. The third-order valence-electron chi connectivity index (χ3n) is 6.61. The van der Waals surface area contributed by atoms with Crippen LogP contribution in [0.15, 0.2) is 42.5 Å². The molecule has 0 aliphatic carbocycles. The molecule has 4 rings (SSSR count). The lowest BCUT2D eigenvalue weighted by molar-refractivity contribution is -0.131. The lowest BCUT2D eigenvalue weighted by atomic mass is 9.72. The summed E-state index contributed by atoms with van der Waals surface area (Å²) in [7, 11) is -4.25. The van der Waals surface area contributed by atoms with E-state index in [-0.39, 0.29) is 34.5 Å². The van der Waals surface area contributed by atoms with Crippen LogP contribution < -0.4 is 20.6 Å². The van der Waals surface area contributed by atoms with E-state index in [1.165, 1.54) is 36.4 Å². The largest absolute Gasteiger partial charge is 0.547 e. The minimum absolute atomic E-state index is 0.0233. The Labute approximate surface area is 212 Å². The molecule has 37 heavy (non-hydrogen) atoms. The molecule has 0 aromatic heterocycles. The van der Waals surface area contributed by atoms with Crippen LogP contribution in [0, 0.1) is 0 Å². The lowest BCUT2D eigenvalue weighted by Gasteiger charge is -2.30. The minimum Gasteiger partial charge on any atom is -0.534 e. The molecule has 0 bridgehead atoms. The average Bonchev–Trinajstić information content (AvgIpc) is 3.27. The van der Waals surface area contributed by atoms with Crippen molar-refractivity contribution in [2.75, 3.05) is 13.6 Å². The molecule has 2 aliphatic heterocycles. The van der Waals surface area contributed by atoms with E-state index in [0.717, 1.165) is 13.0 Å². The second-order valence-corrected chi connectivity index (χ2v) is 10.7. The molecule has 2 aromatic carbocycles. The predicted octanol–water partition coefficient (Wildman–Crippen LogP) is -0.421. The van der Waals surface area contributed by atoms with E-state index in [2.05, 4.69) is 10.6 Å². The second kappa shape index (κ2) is 10.6. The number of nitrogens with zero attached hydrogens (tertiary/aromatic N) is 1. The van der Waals surface area contributed by atoms with Gasteiger partial charge in [0.2, 0.25) is 11.8 Å². The van der Waals surface area contributed by atoms with E-state index in [1.54, 1.807) is 13.1 Å². The molecule has 2 amide bonds. The molecule has 3 atom stereocenters. The number of carbonyl (C=O) groups is 3. The van der Waals surface area contributed by atoms with Crippen LogP contribution in [-0.2, 0) is 20.6 Å². The summed E-state index contributed by atoms with van der Waals surface area (Å²) in [6.07, 6.45) is 1.52. The summed E-state index contributed by atoms with van der Waals surface area (Å²) in [6, 6.07) is 7.91. The minimum atomic E-state index is -4.51. The lowest BCUT2D eigenvalue weighted by Crippen LogP contribution is -2.56. The first-order valence-electron chi connectivity index (χ1n) is 11.6. The Balaban J connectivity index is 1.58. The highest BCUT2D eigenvalue weighted by atomic mass is 31.2. The Morgan fingerprint density at radius 1 is 1.16 bits per heavy atom. The zero-order chi connectivity index (χ0) is 26.9. The number of hydrogen-bond acceptors (Lipinski definition) is 7. The molecule has 196 valence electrons. The molecule has 1 unspecified atom stereocenters. The Kier molecular flexibility index (Phi) is 7.72. The Morgan fingerprint density at radius 3 is 2.46 bits per heavy atom. The molecule has 12 nitrogen and oxygen atoms in total. The van der Waals surface area contributed by atoms with Crippen LogP contribution in [-0.4, -0.2) is 75.3 Å². The normalized spacial score (nSPS) is 20.5. The molecule has 1 fully saturated rings. The number of carboxylic acid groups (broad SMARTS) is 1. The number of para-hydroxylation sites is 1. The van der Waals surface area contributed by atoms with Crippen LogP contribution in [0.25, 0.3) is 0 Å². The van der Waals surface area contributed by atoms with E-state index in [0.29, 0.717) is 12.0 Å². The second-order valence-electron chi connectivity index (χ2n) is 9.14. The van der Waals surface area contributed by atoms with Gasteiger partial charge in [-0.15, -0.1) is 0 Å². The maximum Gasteiger partial charge on any atom is 0.547 e. The smallest absolute Gasteiger partial charge is 0.534 e. The maximum absolute atomic E-state index is 13.4.